The summed E-state index contributed by atoms with van der Waals surface area (Å²) in [4.78, 5) is 4.32. The molecule has 22 heavy (non-hydrogen) atoms. The van der Waals surface area contributed by atoms with E-state index in [1.54, 1.807) is 23.7 Å². The predicted octanol–water partition coefficient (Wildman–Crippen LogP) is 3.48. The first-order valence-corrected chi connectivity index (χ1v) is 7.13. The van der Waals surface area contributed by atoms with Crippen LogP contribution in [0.1, 0.15) is 0 Å². The fourth-order valence-corrected chi connectivity index (χ4v) is 2.92. The molecule has 0 saturated heterocycles. The summed E-state index contributed by atoms with van der Waals surface area (Å²) >= 11 is 1.52. The number of para-hydroxylation sites is 1. The molecular weight excluding hydrogens is 479 g/mol. The third kappa shape index (κ3) is 2.37. The molecule has 0 unspecified atom stereocenters. The quantitative estimate of drug-likeness (QED) is 0.407. The Labute approximate surface area is 143 Å². The second kappa shape index (κ2) is 6.04. The summed E-state index contributed by atoms with van der Waals surface area (Å²) in [6.07, 6.45) is -0.656. The second-order valence-electron chi connectivity index (χ2n) is 4.38. The van der Waals surface area contributed by atoms with Gasteiger partial charge in [0, 0.05) is 31.3 Å². The number of thiazole rings is 1. The topological polar surface area (TPSA) is 43.6 Å². The molecule has 2 aromatic carbocycles. The first-order chi connectivity index (χ1) is 10.3. The molecule has 4 aromatic rings. The van der Waals surface area contributed by atoms with Crippen molar-refractivity contribution < 1.29 is 24.5 Å². The normalized spacial score (nSPS) is 10.6. The van der Waals surface area contributed by atoms with Gasteiger partial charge in [-0.1, -0.05) is 23.8 Å². The van der Waals surface area contributed by atoms with E-state index in [1.807, 2.05) is 24.3 Å². The smallest absolute Gasteiger partial charge is 0.293 e. The Morgan fingerprint density at radius 1 is 1.09 bits per heavy atom. The Morgan fingerprint density at radius 2 is 1.91 bits per heavy atom. The SMILES string of the molecule is Fc1nnc(-c2[c-]ccc3scnc23)n1-c1ccccc1.[Ir]. The summed E-state index contributed by atoms with van der Waals surface area (Å²) in [5.41, 5.74) is 3.82. The van der Waals surface area contributed by atoms with Crippen molar-refractivity contribution in [1.82, 2.24) is 19.7 Å². The molecule has 0 spiro atoms. The van der Waals surface area contributed by atoms with Gasteiger partial charge in [-0.2, -0.15) is 9.49 Å². The Bertz CT molecular complexity index is 920. The molecule has 4 nitrogen and oxygen atoms in total. The molecule has 0 atom stereocenters. The van der Waals surface area contributed by atoms with Crippen LogP contribution in [0.4, 0.5) is 4.39 Å². The minimum absolute atomic E-state index is 0. The molecule has 0 amide bonds. The molecule has 4 rings (SSSR count). The molecule has 0 aliphatic carbocycles. The number of hydrogen-bond donors (Lipinski definition) is 0. The van der Waals surface area contributed by atoms with E-state index in [1.165, 1.54) is 15.9 Å². The minimum atomic E-state index is -0.656. The van der Waals surface area contributed by atoms with Gasteiger partial charge in [0.25, 0.3) is 0 Å². The first kappa shape index (κ1) is 15.0. The van der Waals surface area contributed by atoms with Crippen molar-refractivity contribution in [1.29, 1.82) is 0 Å². The van der Waals surface area contributed by atoms with Crippen molar-refractivity contribution in [2.75, 3.05) is 0 Å². The van der Waals surface area contributed by atoms with Gasteiger partial charge in [0.05, 0.1) is 11.3 Å². The summed E-state index contributed by atoms with van der Waals surface area (Å²) in [6, 6.07) is 16.0. The third-order valence-corrected chi connectivity index (χ3v) is 3.95. The fourth-order valence-electron chi connectivity index (χ4n) is 2.23. The van der Waals surface area contributed by atoms with Gasteiger partial charge in [0.15, 0.2) is 0 Å². The van der Waals surface area contributed by atoms with Crippen molar-refractivity contribution >= 4 is 21.6 Å². The summed E-state index contributed by atoms with van der Waals surface area (Å²) in [7, 11) is 0. The van der Waals surface area contributed by atoms with Gasteiger partial charge >= 0.3 is 6.08 Å². The molecule has 7 heteroatoms. The average Bonchev–Trinajstić information content (AvgIpc) is 3.14. The molecule has 0 saturated carbocycles. The van der Waals surface area contributed by atoms with Gasteiger partial charge in [-0.3, -0.25) is 9.55 Å². The molecule has 0 fully saturated rings. The summed E-state index contributed by atoms with van der Waals surface area (Å²) < 4.78 is 16.4. The number of aromatic nitrogens is 4. The van der Waals surface area contributed by atoms with Gasteiger partial charge in [-0.25, -0.2) is 0 Å². The number of hydrogen-bond acceptors (Lipinski definition) is 4. The van der Waals surface area contributed by atoms with Gasteiger partial charge in [-0.15, -0.1) is 34.6 Å². The Morgan fingerprint density at radius 3 is 2.73 bits per heavy atom. The molecule has 0 aliphatic heterocycles. The number of fused-ring (bicyclic) bond motifs is 1. The van der Waals surface area contributed by atoms with E-state index in [-0.39, 0.29) is 20.1 Å². The standard InChI is InChI=1S/C15H8FN4S.Ir/c16-15-19-18-14(20(15)10-5-2-1-3-6-10)11-7-4-8-12-13(11)17-9-21-12;/h1-6,8-9H;/q-1;. The molecule has 0 bridgehead atoms. The van der Waals surface area contributed by atoms with Crippen molar-refractivity contribution in [3.63, 3.8) is 0 Å². The van der Waals surface area contributed by atoms with Gasteiger partial charge < -0.3 is 0 Å². The van der Waals surface area contributed by atoms with Crippen LogP contribution in [-0.4, -0.2) is 19.7 Å². The van der Waals surface area contributed by atoms with E-state index in [2.05, 4.69) is 21.2 Å². The monoisotopic (exact) mass is 488 g/mol. The van der Waals surface area contributed by atoms with Crippen LogP contribution in [0.3, 0.4) is 0 Å². The van der Waals surface area contributed by atoms with Crippen LogP contribution >= 0.6 is 11.3 Å². The zero-order valence-electron chi connectivity index (χ0n) is 11.0. The van der Waals surface area contributed by atoms with E-state index in [0.717, 1.165) is 10.2 Å². The summed E-state index contributed by atoms with van der Waals surface area (Å²) in [6.45, 7) is 0. The third-order valence-electron chi connectivity index (χ3n) is 3.16. The summed E-state index contributed by atoms with van der Waals surface area (Å²) in [5.74, 6) is 0.398. The predicted molar refractivity (Wildman–Crippen MR) is 78.8 cm³/mol. The largest absolute Gasteiger partial charge is 0.304 e. The van der Waals surface area contributed by atoms with Crippen LogP contribution in [0.15, 0.2) is 48.0 Å². The van der Waals surface area contributed by atoms with Crippen LogP contribution in [0, 0.1) is 12.1 Å². The van der Waals surface area contributed by atoms with Crippen LogP contribution in [0.5, 0.6) is 0 Å². The molecule has 1 radical (unpaired) electrons. The zero-order valence-corrected chi connectivity index (χ0v) is 14.2. The summed E-state index contributed by atoms with van der Waals surface area (Å²) in [5, 5.41) is 7.53. The fraction of sp³-hybridized carbons (Fsp3) is 0. The van der Waals surface area contributed by atoms with Gasteiger partial charge in [0.2, 0.25) is 0 Å². The minimum Gasteiger partial charge on any atom is -0.293 e. The van der Waals surface area contributed by atoms with Crippen LogP contribution in [-0.2, 0) is 20.1 Å². The Balaban J connectivity index is 0.00000144. The van der Waals surface area contributed by atoms with E-state index in [0.29, 0.717) is 17.1 Å². The maximum Gasteiger partial charge on any atom is 0.304 e. The van der Waals surface area contributed by atoms with E-state index in [9.17, 15) is 4.39 Å². The molecule has 0 N–H and O–H groups in total. The second-order valence-corrected chi connectivity index (χ2v) is 5.27. The molecule has 2 aromatic heterocycles. The number of benzene rings is 2. The maximum absolute atomic E-state index is 14.1. The Kier molecular flexibility index (Phi) is 4.11. The van der Waals surface area contributed by atoms with Gasteiger partial charge in [0.1, 0.15) is 0 Å². The number of rotatable bonds is 2. The van der Waals surface area contributed by atoms with Crippen molar-refractivity contribution in [2.24, 2.45) is 0 Å². The Hall–Kier alpha value is -1.95. The van der Waals surface area contributed by atoms with E-state index >= 15 is 0 Å². The first-order valence-electron chi connectivity index (χ1n) is 6.25. The zero-order chi connectivity index (χ0) is 14.2. The van der Waals surface area contributed by atoms with Crippen LogP contribution in [0.2, 0.25) is 0 Å². The molecule has 0 aliphatic rings. The van der Waals surface area contributed by atoms with E-state index < -0.39 is 6.08 Å². The van der Waals surface area contributed by atoms with E-state index in [4.69, 9.17) is 0 Å². The van der Waals surface area contributed by atoms with Crippen molar-refractivity contribution in [3.8, 4) is 17.1 Å². The molecule has 111 valence electrons. The molecular formula is C15H8FIrN4S-. The van der Waals surface area contributed by atoms with Crippen LogP contribution in [0.25, 0.3) is 27.3 Å². The van der Waals surface area contributed by atoms with Crippen molar-refractivity contribution in [2.45, 2.75) is 0 Å². The number of nitrogens with zero attached hydrogens (tertiary/aromatic N) is 4. The van der Waals surface area contributed by atoms with Gasteiger partial charge in [-0.05, 0) is 16.8 Å². The van der Waals surface area contributed by atoms with Crippen molar-refractivity contribution in [3.05, 3.63) is 60.1 Å². The van der Waals surface area contributed by atoms with Crippen LogP contribution < -0.4 is 0 Å². The molecule has 2 heterocycles. The average molecular weight is 488 g/mol. The maximum atomic E-state index is 14.1. The number of halogens is 1.